The first-order chi connectivity index (χ1) is 21.5. The molecule has 0 spiro atoms. The molecule has 1 saturated heterocycles. The van der Waals surface area contributed by atoms with Gasteiger partial charge in [0.2, 0.25) is 0 Å². The highest BCUT2D eigenvalue weighted by Crippen LogP contribution is 2.73. The van der Waals surface area contributed by atoms with Gasteiger partial charge >= 0.3 is 0 Å². The van der Waals surface area contributed by atoms with Gasteiger partial charge in [0.05, 0.1) is 35.3 Å². The highest BCUT2D eigenvalue weighted by atomic mass is 16.6. The number of carbonyl (C=O) groups is 1. The van der Waals surface area contributed by atoms with E-state index < -0.39 is 45.9 Å². The Morgan fingerprint density at radius 3 is 2.50 bits per heavy atom. The first-order valence-electron chi connectivity index (χ1n) is 17.7. The van der Waals surface area contributed by atoms with Gasteiger partial charge in [-0.05, 0) is 124 Å². The second kappa shape index (κ2) is 10.4. The van der Waals surface area contributed by atoms with Crippen LogP contribution < -0.4 is 11.1 Å². The quantitative estimate of drug-likeness (QED) is 0.197. The number of dihydropyridines is 1. The van der Waals surface area contributed by atoms with E-state index >= 15 is 0 Å². The van der Waals surface area contributed by atoms with Gasteiger partial charge in [-0.25, -0.2) is 0 Å². The zero-order valence-electron chi connectivity index (χ0n) is 28.3. The van der Waals surface area contributed by atoms with Crippen LogP contribution in [0.3, 0.4) is 0 Å². The number of fused-ring (bicyclic) bond motifs is 2. The van der Waals surface area contributed by atoms with Crippen molar-refractivity contribution in [2.45, 2.75) is 134 Å². The first-order valence-corrected chi connectivity index (χ1v) is 17.7. The molecule has 7 aliphatic rings. The van der Waals surface area contributed by atoms with Crippen molar-refractivity contribution in [1.29, 1.82) is 0 Å². The van der Waals surface area contributed by atoms with Crippen LogP contribution in [0.4, 0.5) is 0 Å². The maximum absolute atomic E-state index is 14.1. The summed E-state index contributed by atoms with van der Waals surface area (Å²) in [4.78, 5) is 14.1. The highest BCUT2D eigenvalue weighted by Gasteiger charge is 2.76. The molecule has 7 rings (SSSR count). The fourth-order valence-corrected chi connectivity index (χ4v) is 11.8. The Hall–Kier alpha value is -1.75. The zero-order valence-corrected chi connectivity index (χ0v) is 28.3. The summed E-state index contributed by atoms with van der Waals surface area (Å²) in [5.41, 5.74) is 2.93. The first kappa shape index (κ1) is 32.8. The number of rotatable bonds is 8. The van der Waals surface area contributed by atoms with Gasteiger partial charge in [0.25, 0.3) is 0 Å². The Labute approximate surface area is 273 Å². The fourth-order valence-electron chi connectivity index (χ4n) is 11.8. The van der Waals surface area contributed by atoms with Gasteiger partial charge < -0.3 is 41.3 Å². The number of hydrogen-bond acceptors (Lipinski definition) is 9. The number of allylic oxidation sites excluding steroid dienone is 3. The zero-order chi connectivity index (χ0) is 33.2. The normalized spacial score (nSPS) is 46.9. The van der Waals surface area contributed by atoms with Crippen LogP contribution in [0.1, 0.15) is 98.8 Å². The van der Waals surface area contributed by atoms with E-state index in [1.165, 1.54) is 0 Å². The molecular weight excluding hydrogens is 584 g/mol. The molecule has 256 valence electrons. The van der Waals surface area contributed by atoms with Crippen LogP contribution in [0.15, 0.2) is 34.7 Å². The molecule has 0 bridgehead atoms. The second-order valence-electron chi connectivity index (χ2n) is 17.4. The maximum atomic E-state index is 14.1. The Bertz CT molecular complexity index is 1400. The third-order valence-electron chi connectivity index (χ3n) is 15.1. The van der Waals surface area contributed by atoms with Crippen molar-refractivity contribution in [1.82, 2.24) is 5.32 Å². The molecule has 8 N–H and O–H groups in total. The number of nitrogens with two attached hydrogens (primary N) is 1. The number of ketones is 1. The fraction of sp³-hybridized carbons (Fsp3) is 0.811. The molecule has 0 radical (unpaired) electrons. The van der Waals surface area contributed by atoms with E-state index in [4.69, 9.17) is 10.5 Å². The van der Waals surface area contributed by atoms with Crippen molar-refractivity contribution in [3.63, 3.8) is 0 Å². The minimum absolute atomic E-state index is 0.0724. The van der Waals surface area contributed by atoms with Crippen LogP contribution in [0, 0.1) is 39.9 Å². The number of aliphatic hydroxyl groups excluding tert-OH is 2. The number of carbonyl (C=O) groups excluding carboxylic acids is 1. The van der Waals surface area contributed by atoms with E-state index in [9.17, 15) is 30.3 Å². The van der Waals surface area contributed by atoms with Crippen molar-refractivity contribution < 1.29 is 35.1 Å². The van der Waals surface area contributed by atoms with Gasteiger partial charge in [-0.2, -0.15) is 0 Å². The molecule has 13 atom stereocenters. The van der Waals surface area contributed by atoms with Crippen LogP contribution in [0.2, 0.25) is 0 Å². The Kier molecular flexibility index (Phi) is 7.40. The third-order valence-corrected chi connectivity index (χ3v) is 15.1. The second-order valence-corrected chi connectivity index (χ2v) is 17.4. The summed E-state index contributed by atoms with van der Waals surface area (Å²) in [5.74, 6) is 0.242. The maximum Gasteiger partial charge on any atom is 0.162 e. The van der Waals surface area contributed by atoms with Crippen LogP contribution in [0.25, 0.3) is 0 Å². The molecule has 46 heavy (non-hydrogen) atoms. The molecule has 2 heterocycles. The predicted octanol–water partition coefficient (Wildman–Crippen LogP) is 2.99. The van der Waals surface area contributed by atoms with Crippen molar-refractivity contribution in [2.75, 3.05) is 13.2 Å². The van der Waals surface area contributed by atoms with E-state index in [0.29, 0.717) is 57.3 Å². The summed E-state index contributed by atoms with van der Waals surface area (Å²) >= 11 is 0. The number of epoxide rings is 1. The Morgan fingerprint density at radius 2 is 1.80 bits per heavy atom. The monoisotopic (exact) mass is 640 g/mol. The van der Waals surface area contributed by atoms with Crippen molar-refractivity contribution in [3.05, 3.63) is 34.7 Å². The lowest BCUT2D eigenvalue weighted by Crippen LogP contribution is -2.64. The topological polar surface area (TPSA) is 169 Å². The van der Waals surface area contributed by atoms with E-state index in [1.54, 1.807) is 13.8 Å². The molecule has 5 aliphatic carbocycles. The molecule has 2 aliphatic heterocycles. The summed E-state index contributed by atoms with van der Waals surface area (Å²) in [5, 5.41) is 61.8. The SMILES string of the molecule is CC(O)(C1OC1C(C)(O)C(C)(CO)CCC1=CCNC(N)=C1)C1CC2CCC3=C4C(CCC1(C)C42O)C1(C)CCC(O)CC1C3=O. The number of ether oxygens (including phenoxy) is 1. The van der Waals surface area contributed by atoms with Crippen LogP contribution in [-0.4, -0.2) is 79.6 Å². The predicted molar refractivity (Wildman–Crippen MR) is 173 cm³/mol. The standard InChI is InChI=1S/C37H56N2O7/c1-32(19-40,12-8-20-11-15-39-27(38)16-20)36(5,44)31-30(46-31)35(4,43)26-17-21-6-7-23-28-24(10-14-34(26,3)37(21,28)45)33(2)13-9-22(41)18-25(33)29(23)42/h11,16,21-22,24-26,30-31,39-41,43-45H,6-10,12-15,17-19,38H2,1-5H3. The average Bonchev–Trinajstić information content (AvgIpc) is 3.79. The van der Waals surface area contributed by atoms with Crippen molar-refractivity contribution in [2.24, 2.45) is 45.7 Å². The Morgan fingerprint density at radius 1 is 1.07 bits per heavy atom. The van der Waals surface area contributed by atoms with Gasteiger partial charge in [-0.1, -0.05) is 26.8 Å². The van der Waals surface area contributed by atoms with E-state index in [0.717, 1.165) is 36.0 Å². The lowest BCUT2D eigenvalue weighted by molar-refractivity contribution is -0.164. The van der Waals surface area contributed by atoms with Gasteiger partial charge in [0.1, 0.15) is 12.2 Å². The molecule has 9 nitrogen and oxygen atoms in total. The van der Waals surface area contributed by atoms with Gasteiger partial charge in [-0.3, -0.25) is 4.79 Å². The summed E-state index contributed by atoms with van der Waals surface area (Å²) < 4.78 is 6.23. The number of aliphatic hydroxyl groups is 5. The summed E-state index contributed by atoms with van der Waals surface area (Å²) in [6.07, 6.45) is 8.79. The molecule has 0 aromatic rings. The molecule has 9 heteroatoms. The molecule has 13 unspecified atom stereocenters. The lowest BCUT2D eigenvalue weighted by Gasteiger charge is -2.63. The van der Waals surface area contributed by atoms with Crippen LogP contribution in [-0.2, 0) is 9.53 Å². The van der Waals surface area contributed by atoms with Gasteiger partial charge in [0.15, 0.2) is 5.78 Å². The molecule has 3 saturated carbocycles. The van der Waals surface area contributed by atoms with Gasteiger partial charge in [0, 0.05) is 23.3 Å². The summed E-state index contributed by atoms with van der Waals surface area (Å²) in [6.45, 7) is 10.1. The number of hydrogen-bond donors (Lipinski definition) is 7. The smallest absolute Gasteiger partial charge is 0.162 e. The van der Waals surface area contributed by atoms with Crippen molar-refractivity contribution >= 4 is 5.78 Å². The Balaban J connectivity index is 1.16. The minimum atomic E-state index is -1.43. The van der Waals surface area contributed by atoms with Crippen LogP contribution >= 0.6 is 0 Å². The lowest BCUT2D eigenvalue weighted by atomic mass is 9.42. The molecular formula is C37H56N2O7. The van der Waals surface area contributed by atoms with E-state index in [1.807, 2.05) is 13.0 Å². The molecule has 0 aromatic carbocycles. The summed E-state index contributed by atoms with van der Waals surface area (Å²) in [7, 11) is 0. The van der Waals surface area contributed by atoms with Crippen molar-refractivity contribution in [3.8, 4) is 0 Å². The number of nitrogens with one attached hydrogen (secondary N) is 1. The number of Topliss-reactive ketones (excluding diaryl/α,β-unsaturated/α-hetero) is 1. The molecule has 4 fully saturated rings. The minimum Gasteiger partial charge on any atom is -0.396 e. The average molecular weight is 641 g/mol. The third kappa shape index (κ3) is 4.24. The van der Waals surface area contributed by atoms with E-state index in [2.05, 4.69) is 25.2 Å². The van der Waals surface area contributed by atoms with E-state index in [-0.39, 0.29) is 41.5 Å². The summed E-state index contributed by atoms with van der Waals surface area (Å²) in [6, 6.07) is 0. The highest BCUT2D eigenvalue weighted by molar-refractivity contribution is 6.00. The molecule has 0 amide bonds. The van der Waals surface area contributed by atoms with Gasteiger partial charge in [-0.15, -0.1) is 0 Å². The largest absolute Gasteiger partial charge is 0.396 e. The van der Waals surface area contributed by atoms with Crippen LogP contribution in [0.5, 0.6) is 0 Å². The molecule has 0 aromatic heterocycles.